The minimum Gasteiger partial charge on any atom is -0.246 e. The fourth-order valence-corrected chi connectivity index (χ4v) is 2.59. The first-order chi connectivity index (χ1) is 10.5. The maximum Gasteiger partial charge on any atom is 0.433 e. The van der Waals surface area contributed by atoms with Crippen molar-refractivity contribution in [1.29, 1.82) is 0 Å². The zero-order valence-corrected chi connectivity index (χ0v) is 11.5. The largest absolute Gasteiger partial charge is 0.433 e. The average molecular weight is 307 g/mol. The second-order valence-corrected chi connectivity index (χ2v) is 5.52. The van der Waals surface area contributed by atoms with E-state index in [1.54, 1.807) is 18.3 Å². The van der Waals surface area contributed by atoms with Crippen LogP contribution in [0.3, 0.4) is 0 Å². The maximum atomic E-state index is 13.3. The lowest BCUT2D eigenvalue weighted by Crippen LogP contribution is -2.13. The van der Waals surface area contributed by atoms with E-state index in [9.17, 15) is 13.2 Å². The van der Waals surface area contributed by atoms with Gasteiger partial charge < -0.3 is 0 Å². The molecule has 5 nitrogen and oxygen atoms in total. The van der Waals surface area contributed by atoms with Gasteiger partial charge in [0, 0.05) is 6.20 Å². The van der Waals surface area contributed by atoms with Crippen LogP contribution in [-0.4, -0.2) is 24.6 Å². The van der Waals surface area contributed by atoms with Crippen molar-refractivity contribution in [3.63, 3.8) is 0 Å². The molecule has 22 heavy (non-hydrogen) atoms. The van der Waals surface area contributed by atoms with Crippen molar-refractivity contribution in [3.8, 4) is 0 Å². The Morgan fingerprint density at radius 1 is 1.18 bits per heavy atom. The Morgan fingerprint density at radius 3 is 2.64 bits per heavy atom. The molecule has 8 heteroatoms. The van der Waals surface area contributed by atoms with Crippen LogP contribution in [0.1, 0.15) is 35.7 Å². The van der Waals surface area contributed by atoms with Gasteiger partial charge in [0.15, 0.2) is 0 Å². The number of hydrogen-bond acceptors (Lipinski definition) is 3. The average Bonchev–Trinajstić information content (AvgIpc) is 3.03. The van der Waals surface area contributed by atoms with Crippen molar-refractivity contribution < 1.29 is 13.2 Å². The molecule has 0 aromatic carbocycles. The molecule has 1 fully saturated rings. The molecule has 3 aromatic heterocycles. The molecule has 0 bridgehead atoms. The Morgan fingerprint density at radius 2 is 2.00 bits per heavy atom. The smallest absolute Gasteiger partial charge is 0.246 e. The van der Waals surface area contributed by atoms with Crippen LogP contribution >= 0.6 is 0 Å². The molecule has 0 N–H and O–H groups in total. The van der Waals surface area contributed by atoms with Gasteiger partial charge in [-0.25, -0.2) is 9.20 Å². The van der Waals surface area contributed by atoms with Crippen molar-refractivity contribution in [3.05, 3.63) is 47.5 Å². The summed E-state index contributed by atoms with van der Waals surface area (Å²) in [6, 6.07) is 4.68. The Kier molecular flexibility index (Phi) is 2.75. The van der Waals surface area contributed by atoms with Crippen LogP contribution in [0.2, 0.25) is 0 Å². The standard InChI is InChI=1S/C14H12F3N5/c15-14(16,17)13-6-10(9-1-2-9)5-12-7-11(19-22(12)13)8-21-4-3-18-20-21/h3-7,9H,1-2,8H2. The Hall–Kier alpha value is -2.38. The van der Waals surface area contributed by atoms with E-state index in [1.165, 1.54) is 16.9 Å². The molecule has 0 atom stereocenters. The highest BCUT2D eigenvalue weighted by molar-refractivity contribution is 5.53. The molecule has 0 amide bonds. The zero-order chi connectivity index (χ0) is 15.3. The lowest BCUT2D eigenvalue weighted by molar-refractivity contribution is -0.142. The summed E-state index contributed by atoms with van der Waals surface area (Å²) in [6.07, 6.45) is 0.632. The number of hydrogen-bond donors (Lipinski definition) is 0. The van der Waals surface area contributed by atoms with Crippen molar-refractivity contribution in [2.24, 2.45) is 0 Å². The Labute approximate surface area is 123 Å². The summed E-state index contributed by atoms with van der Waals surface area (Å²) in [6.45, 7) is 0.289. The second kappa shape index (κ2) is 4.56. The van der Waals surface area contributed by atoms with Crippen molar-refractivity contribution in [1.82, 2.24) is 24.6 Å². The molecule has 3 heterocycles. The summed E-state index contributed by atoms with van der Waals surface area (Å²) >= 11 is 0. The molecule has 0 aliphatic heterocycles. The molecular formula is C14H12F3N5. The molecule has 0 spiro atoms. The third kappa shape index (κ3) is 2.34. The highest BCUT2D eigenvalue weighted by Gasteiger charge is 2.36. The topological polar surface area (TPSA) is 48.0 Å². The van der Waals surface area contributed by atoms with Gasteiger partial charge in [-0.3, -0.25) is 0 Å². The normalized spacial score (nSPS) is 15.6. The van der Waals surface area contributed by atoms with Crippen molar-refractivity contribution in [2.45, 2.75) is 31.5 Å². The van der Waals surface area contributed by atoms with Gasteiger partial charge in [-0.2, -0.15) is 18.3 Å². The quantitative estimate of drug-likeness (QED) is 0.747. The van der Waals surface area contributed by atoms with Gasteiger partial charge >= 0.3 is 6.18 Å². The number of rotatable bonds is 3. The van der Waals surface area contributed by atoms with Gasteiger partial charge in [-0.05, 0) is 42.5 Å². The predicted molar refractivity (Wildman–Crippen MR) is 71.3 cm³/mol. The SMILES string of the molecule is FC(F)(F)c1cc(C2CC2)cc2cc(Cn3ccnn3)nn12. The van der Waals surface area contributed by atoms with E-state index in [0.29, 0.717) is 11.2 Å². The molecule has 4 rings (SSSR count). The van der Waals surface area contributed by atoms with E-state index < -0.39 is 11.9 Å². The fourth-order valence-electron chi connectivity index (χ4n) is 2.59. The summed E-state index contributed by atoms with van der Waals surface area (Å²) in [5.74, 6) is 0.250. The minimum absolute atomic E-state index is 0.250. The molecule has 0 unspecified atom stereocenters. The summed E-state index contributed by atoms with van der Waals surface area (Å²) in [7, 11) is 0. The van der Waals surface area contributed by atoms with Crippen LogP contribution in [0, 0.1) is 0 Å². The van der Waals surface area contributed by atoms with E-state index >= 15 is 0 Å². The molecule has 3 aromatic rings. The highest BCUT2D eigenvalue weighted by atomic mass is 19.4. The van der Waals surface area contributed by atoms with Gasteiger partial charge in [-0.1, -0.05) is 5.21 Å². The van der Waals surface area contributed by atoms with Crippen molar-refractivity contribution >= 4 is 5.52 Å². The molecule has 1 aliphatic carbocycles. The Bertz CT molecular complexity index is 815. The van der Waals surface area contributed by atoms with Gasteiger partial charge in [0.2, 0.25) is 0 Å². The van der Waals surface area contributed by atoms with E-state index in [0.717, 1.165) is 22.9 Å². The van der Waals surface area contributed by atoms with Gasteiger partial charge in [0.25, 0.3) is 0 Å². The lowest BCUT2D eigenvalue weighted by atomic mass is 10.1. The molecule has 114 valence electrons. The van der Waals surface area contributed by atoms with E-state index in [1.807, 2.05) is 0 Å². The van der Waals surface area contributed by atoms with E-state index in [2.05, 4.69) is 15.4 Å². The summed E-state index contributed by atoms with van der Waals surface area (Å²) in [4.78, 5) is 0. The predicted octanol–water partition coefficient (Wildman–Crippen LogP) is 2.87. The maximum absolute atomic E-state index is 13.3. The molecule has 1 saturated carbocycles. The molecule has 0 radical (unpaired) electrons. The minimum atomic E-state index is -4.43. The summed E-state index contributed by atoms with van der Waals surface area (Å²) in [5.41, 5.74) is 1.000. The first-order valence-electron chi connectivity index (χ1n) is 6.94. The van der Waals surface area contributed by atoms with Crippen LogP contribution in [-0.2, 0) is 12.7 Å². The van der Waals surface area contributed by atoms with Crippen molar-refractivity contribution in [2.75, 3.05) is 0 Å². The van der Waals surface area contributed by atoms with E-state index in [-0.39, 0.29) is 12.5 Å². The van der Waals surface area contributed by atoms with E-state index in [4.69, 9.17) is 0 Å². The second-order valence-electron chi connectivity index (χ2n) is 5.52. The highest BCUT2D eigenvalue weighted by Crippen LogP contribution is 2.42. The van der Waals surface area contributed by atoms with Crippen LogP contribution in [0.25, 0.3) is 5.52 Å². The number of aromatic nitrogens is 5. The summed E-state index contributed by atoms with van der Waals surface area (Å²) < 4.78 is 42.3. The van der Waals surface area contributed by atoms with Crippen LogP contribution in [0.5, 0.6) is 0 Å². The third-order valence-electron chi connectivity index (χ3n) is 3.77. The third-order valence-corrected chi connectivity index (χ3v) is 3.77. The van der Waals surface area contributed by atoms with Crippen LogP contribution in [0.15, 0.2) is 30.6 Å². The molecule has 0 saturated heterocycles. The van der Waals surface area contributed by atoms with Gasteiger partial charge in [-0.15, -0.1) is 5.10 Å². The monoisotopic (exact) mass is 307 g/mol. The number of nitrogens with zero attached hydrogens (tertiary/aromatic N) is 5. The number of halogens is 3. The molecular weight excluding hydrogens is 295 g/mol. The number of alkyl halides is 3. The first kappa shape index (κ1) is 13.3. The lowest BCUT2D eigenvalue weighted by Gasteiger charge is -2.11. The zero-order valence-electron chi connectivity index (χ0n) is 11.5. The van der Waals surface area contributed by atoms with Crippen LogP contribution < -0.4 is 0 Å². The summed E-state index contributed by atoms with van der Waals surface area (Å²) in [5, 5.41) is 11.6. The van der Waals surface area contributed by atoms with Crippen LogP contribution in [0.4, 0.5) is 13.2 Å². The Balaban J connectivity index is 1.82. The molecule has 1 aliphatic rings. The number of pyridine rings is 1. The fraction of sp³-hybridized carbons (Fsp3) is 0.357. The first-order valence-corrected chi connectivity index (χ1v) is 6.94. The number of fused-ring (bicyclic) bond motifs is 1. The van der Waals surface area contributed by atoms with Gasteiger partial charge in [0.05, 0.1) is 24.0 Å². The van der Waals surface area contributed by atoms with Gasteiger partial charge in [0.1, 0.15) is 5.69 Å².